The zero-order chi connectivity index (χ0) is 20.9. The van der Waals surface area contributed by atoms with Crippen molar-refractivity contribution in [3.8, 4) is 0 Å². The van der Waals surface area contributed by atoms with Gasteiger partial charge in [-0.15, -0.1) is 4.72 Å². The zero-order valence-corrected chi connectivity index (χ0v) is 18.7. The van der Waals surface area contributed by atoms with Gasteiger partial charge in [0.05, 0.1) is 29.0 Å². The number of nitrogens with one attached hydrogen (secondary N) is 1. The van der Waals surface area contributed by atoms with Crippen molar-refractivity contribution in [1.29, 1.82) is 0 Å². The van der Waals surface area contributed by atoms with Gasteiger partial charge in [0.2, 0.25) is 0 Å². The van der Waals surface area contributed by atoms with Crippen molar-refractivity contribution in [2.24, 2.45) is 7.05 Å². The van der Waals surface area contributed by atoms with E-state index < -0.39 is 11.4 Å². The fraction of sp³-hybridized carbons (Fsp3) is 0.619. The average molecular weight is 406 g/mol. The highest BCUT2D eigenvalue weighted by molar-refractivity contribution is 7.90. The summed E-state index contributed by atoms with van der Waals surface area (Å²) in [6.07, 6.45) is 0.835. The lowest BCUT2D eigenvalue weighted by Crippen LogP contribution is -2.40. The summed E-state index contributed by atoms with van der Waals surface area (Å²) >= 11 is -1.22. The molecular formula is C21H31N3O3S. The highest BCUT2D eigenvalue weighted by atomic mass is 32.2. The van der Waals surface area contributed by atoms with E-state index in [1.165, 1.54) is 0 Å². The van der Waals surface area contributed by atoms with E-state index in [1.807, 2.05) is 46.8 Å². The average Bonchev–Trinajstić information content (AvgIpc) is 3.04. The maximum Gasteiger partial charge on any atom is 0.261 e. The van der Waals surface area contributed by atoms with E-state index in [1.54, 1.807) is 11.6 Å². The van der Waals surface area contributed by atoms with Crippen molar-refractivity contribution < 1.29 is 9.29 Å². The van der Waals surface area contributed by atoms with Crippen molar-refractivity contribution in [3.63, 3.8) is 0 Å². The van der Waals surface area contributed by atoms with Crippen molar-refractivity contribution >= 4 is 22.3 Å². The Morgan fingerprint density at radius 1 is 1.39 bits per heavy atom. The van der Waals surface area contributed by atoms with Crippen LogP contribution >= 0.6 is 0 Å². The molecule has 0 aliphatic carbocycles. The van der Waals surface area contributed by atoms with Gasteiger partial charge in [0.15, 0.2) is 0 Å². The number of hydrogen-bond donors (Lipinski definition) is 1. The molecule has 1 aliphatic rings. The first-order valence-electron chi connectivity index (χ1n) is 9.71. The minimum atomic E-state index is -1.22. The van der Waals surface area contributed by atoms with Crippen molar-refractivity contribution in [3.05, 3.63) is 39.4 Å². The number of fused-ring (bicyclic) bond motifs is 1. The molecule has 1 aromatic heterocycles. The summed E-state index contributed by atoms with van der Waals surface area (Å²) < 4.78 is 22.7. The van der Waals surface area contributed by atoms with Gasteiger partial charge in [-0.3, -0.25) is 9.36 Å². The van der Waals surface area contributed by atoms with Gasteiger partial charge in [-0.05, 0) is 52.7 Å². The zero-order valence-electron chi connectivity index (χ0n) is 17.9. The van der Waals surface area contributed by atoms with Gasteiger partial charge in [-0.2, -0.15) is 0 Å². The van der Waals surface area contributed by atoms with Gasteiger partial charge in [0.1, 0.15) is 10.6 Å². The molecule has 1 N–H and O–H groups in total. The normalized spacial score (nSPS) is 22.6. The van der Waals surface area contributed by atoms with Crippen molar-refractivity contribution in [2.45, 2.75) is 64.2 Å². The molecule has 0 radical (unpaired) electrons. The minimum absolute atomic E-state index is 0.0535. The number of aromatic nitrogens is 2. The third-order valence-electron chi connectivity index (χ3n) is 5.42. The molecule has 1 saturated heterocycles. The second-order valence-corrected chi connectivity index (χ2v) is 11.1. The minimum Gasteiger partial charge on any atom is -0.598 e. The van der Waals surface area contributed by atoms with E-state index in [0.29, 0.717) is 24.1 Å². The van der Waals surface area contributed by atoms with Gasteiger partial charge in [-0.1, -0.05) is 13.0 Å². The van der Waals surface area contributed by atoms with Crippen LogP contribution in [0.15, 0.2) is 16.9 Å². The van der Waals surface area contributed by atoms with Gasteiger partial charge in [0.25, 0.3) is 5.56 Å². The van der Waals surface area contributed by atoms with Crippen LogP contribution < -0.4 is 10.3 Å². The summed E-state index contributed by atoms with van der Waals surface area (Å²) in [5.41, 5.74) is 2.23. The third kappa shape index (κ3) is 3.85. The fourth-order valence-corrected chi connectivity index (χ4v) is 4.47. The number of rotatable bonds is 4. The Kier molecular flexibility index (Phi) is 5.66. The van der Waals surface area contributed by atoms with E-state index in [4.69, 9.17) is 9.72 Å². The molecule has 3 rings (SSSR count). The van der Waals surface area contributed by atoms with Gasteiger partial charge in [-0.25, -0.2) is 4.98 Å². The molecule has 1 aliphatic heterocycles. The molecule has 154 valence electrons. The molecule has 7 heteroatoms. The monoisotopic (exact) mass is 405 g/mol. The quantitative estimate of drug-likeness (QED) is 0.791. The SMILES string of the molecule is Cc1cc([C@@H](C)N[S+]([O-])C(C)(C)C)c2nc([C@@]3(C)CCOC3)n(C)c(=O)c2c1. The number of hydrogen-bond acceptors (Lipinski definition) is 5. The summed E-state index contributed by atoms with van der Waals surface area (Å²) in [5, 5.41) is 0.596. The van der Waals surface area contributed by atoms with Gasteiger partial charge in [0, 0.05) is 30.6 Å². The van der Waals surface area contributed by atoms with Crippen LogP contribution in [0.1, 0.15) is 64.0 Å². The molecule has 0 saturated carbocycles. The first kappa shape index (κ1) is 21.3. The smallest absolute Gasteiger partial charge is 0.261 e. The van der Waals surface area contributed by atoms with Gasteiger partial charge < -0.3 is 9.29 Å². The van der Waals surface area contributed by atoms with Crippen molar-refractivity contribution in [1.82, 2.24) is 14.3 Å². The number of aryl methyl sites for hydroxylation is 1. The van der Waals surface area contributed by atoms with Crippen molar-refractivity contribution in [2.75, 3.05) is 13.2 Å². The lowest BCUT2D eigenvalue weighted by Gasteiger charge is -2.28. The molecule has 1 unspecified atom stereocenters. The summed E-state index contributed by atoms with van der Waals surface area (Å²) in [6, 6.07) is 3.71. The largest absolute Gasteiger partial charge is 0.598 e. The van der Waals surface area contributed by atoms with Crippen LogP contribution in [-0.2, 0) is 28.6 Å². The topological polar surface area (TPSA) is 79.2 Å². The first-order valence-corrected chi connectivity index (χ1v) is 10.9. The molecule has 28 heavy (non-hydrogen) atoms. The van der Waals surface area contributed by atoms with Crippen LogP contribution in [0.4, 0.5) is 0 Å². The molecule has 2 aromatic rings. The van der Waals surface area contributed by atoms with E-state index in [9.17, 15) is 9.35 Å². The lowest BCUT2D eigenvalue weighted by molar-refractivity contribution is 0.178. The molecule has 1 aromatic carbocycles. The Labute approximate surface area is 170 Å². The summed E-state index contributed by atoms with van der Waals surface area (Å²) in [5.74, 6) is 0.747. The number of ether oxygens (including phenoxy) is 1. The number of nitrogens with zero attached hydrogens (tertiary/aromatic N) is 2. The third-order valence-corrected chi connectivity index (χ3v) is 7.10. The van der Waals surface area contributed by atoms with E-state index in [0.717, 1.165) is 23.4 Å². The van der Waals surface area contributed by atoms with E-state index in [-0.39, 0.29) is 21.8 Å². The summed E-state index contributed by atoms with van der Waals surface area (Å²) in [6.45, 7) is 13.1. The molecule has 2 heterocycles. The lowest BCUT2D eigenvalue weighted by atomic mass is 9.88. The Hall–Kier alpha value is -1.41. The maximum absolute atomic E-state index is 13.2. The Bertz CT molecular complexity index is 943. The molecule has 3 atom stereocenters. The molecule has 0 bridgehead atoms. The van der Waals surface area contributed by atoms with Crippen LogP contribution in [0.25, 0.3) is 10.9 Å². The number of benzene rings is 1. The Morgan fingerprint density at radius 3 is 2.64 bits per heavy atom. The molecular weight excluding hydrogens is 374 g/mol. The van der Waals surface area contributed by atoms with Crippen LogP contribution in [0.5, 0.6) is 0 Å². The Morgan fingerprint density at radius 2 is 2.07 bits per heavy atom. The highest BCUT2D eigenvalue weighted by Crippen LogP contribution is 2.33. The van der Waals surface area contributed by atoms with Crippen LogP contribution in [0, 0.1) is 6.92 Å². The summed E-state index contributed by atoms with van der Waals surface area (Å²) in [7, 11) is 1.78. The molecule has 6 nitrogen and oxygen atoms in total. The maximum atomic E-state index is 13.2. The standard InChI is InChI=1S/C21H31N3O3S/c1-13-10-15(14(2)23-28(26)20(3,4)5)17-16(11-13)18(25)24(7)19(22-17)21(6)8-9-27-12-21/h10-11,14,23H,8-9,12H2,1-7H3/t14-,21+,28?/m1/s1. The fourth-order valence-electron chi connectivity index (χ4n) is 3.67. The van der Waals surface area contributed by atoms with Crippen LogP contribution in [-0.4, -0.2) is 32.1 Å². The molecule has 0 spiro atoms. The van der Waals surface area contributed by atoms with Crippen LogP contribution in [0.3, 0.4) is 0 Å². The second kappa shape index (κ2) is 7.44. The Balaban J connectivity index is 2.18. The second-order valence-electron chi connectivity index (χ2n) is 9.13. The first-order chi connectivity index (χ1) is 12.9. The van der Waals surface area contributed by atoms with Crippen LogP contribution in [0.2, 0.25) is 0 Å². The summed E-state index contributed by atoms with van der Waals surface area (Å²) in [4.78, 5) is 18.1. The van der Waals surface area contributed by atoms with E-state index >= 15 is 0 Å². The predicted molar refractivity (Wildman–Crippen MR) is 114 cm³/mol. The van der Waals surface area contributed by atoms with Gasteiger partial charge >= 0.3 is 0 Å². The predicted octanol–water partition coefficient (Wildman–Crippen LogP) is 3.03. The molecule has 1 fully saturated rings. The highest BCUT2D eigenvalue weighted by Gasteiger charge is 2.36. The van der Waals surface area contributed by atoms with E-state index in [2.05, 4.69) is 11.6 Å². The molecule has 0 amide bonds.